The van der Waals surface area contributed by atoms with Crippen LogP contribution < -0.4 is 0 Å². The van der Waals surface area contributed by atoms with Crippen LogP contribution in [0.2, 0.25) is 0 Å². The number of hydrogen-bond donors (Lipinski definition) is 0. The largest absolute Gasteiger partial charge is 0.258 e. The van der Waals surface area contributed by atoms with E-state index in [-0.39, 0.29) is 5.82 Å². The smallest absolute Gasteiger partial charge is 0.123 e. The summed E-state index contributed by atoms with van der Waals surface area (Å²) in [7, 11) is 0. The first-order valence-corrected chi connectivity index (χ1v) is 10.5. The predicted octanol–water partition coefficient (Wildman–Crippen LogP) is 5.84. The van der Waals surface area contributed by atoms with Gasteiger partial charge in [0.25, 0.3) is 0 Å². The molecule has 1 aromatic carbocycles. The van der Waals surface area contributed by atoms with E-state index in [1.807, 2.05) is 36.8 Å². The molecule has 4 heteroatoms. The number of aromatic nitrogens is 3. The fraction of sp³-hybridized carbons (Fsp3) is 0.320. The molecule has 3 unspecified atom stereocenters. The van der Waals surface area contributed by atoms with Crippen molar-refractivity contribution >= 4 is 6.08 Å². The maximum atomic E-state index is 13.5. The standard InChI is InChI=1S/C25H24FN3/c26-20-6-3-5-17(14-20)19-8-9-21(29-16-19)10-11-23-22-7-2-1-4-18(22)15-24-25(23)28-13-12-27-24/h3,5-6,8-14,16,18,22-23H,1-2,4,7,15H2/b11-10+. The number of nitrogens with zero attached hydrogens (tertiary/aromatic N) is 3. The van der Waals surface area contributed by atoms with Crippen molar-refractivity contribution in [2.24, 2.45) is 11.8 Å². The van der Waals surface area contributed by atoms with Gasteiger partial charge in [0.15, 0.2) is 0 Å². The molecular formula is C25H24FN3. The highest BCUT2D eigenvalue weighted by molar-refractivity contribution is 5.63. The van der Waals surface area contributed by atoms with Gasteiger partial charge in [0.05, 0.1) is 17.1 Å². The molecule has 2 aliphatic rings. The van der Waals surface area contributed by atoms with Crippen molar-refractivity contribution in [3.63, 3.8) is 0 Å². The molecule has 29 heavy (non-hydrogen) atoms. The number of allylic oxidation sites excluding steroid dienone is 1. The lowest BCUT2D eigenvalue weighted by Crippen LogP contribution is -2.32. The molecule has 1 saturated carbocycles. The summed E-state index contributed by atoms with van der Waals surface area (Å²) in [4.78, 5) is 13.9. The normalized spacial score (nSPS) is 23.6. The summed E-state index contributed by atoms with van der Waals surface area (Å²) in [6.07, 6.45) is 16.1. The predicted molar refractivity (Wildman–Crippen MR) is 113 cm³/mol. The number of hydrogen-bond acceptors (Lipinski definition) is 3. The molecule has 3 aromatic rings. The Morgan fingerprint density at radius 1 is 0.931 bits per heavy atom. The van der Waals surface area contributed by atoms with Gasteiger partial charge in [-0.2, -0.15) is 0 Å². The minimum atomic E-state index is -0.231. The molecule has 0 radical (unpaired) electrons. The van der Waals surface area contributed by atoms with E-state index in [1.54, 1.807) is 6.07 Å². The van der Waals surface area contributed by atoms with E-state index < -0.39 is 0 Å². The number of fused-ring (bicyclic) bond motifs is 2. The molecule has 0 spiro atoms. The zero-order valence-corrected chi connectivity index (χ0v) is 16.3. The maximum absolute atomic E-state index is 13.5. The van der Waals surface area contributed by atoms with E-state index in [4.69, 9.17) is 4.98 Å². The van der Waals surface area contributed by atoms with Crippen LogP contribution in [0, 0.1) is 17.7 Å². The summed E-state index contributed by atoms with van der Waals surface area (Å²) in [6, 6.07) is 10.6. The van der Waals surface area contributed by atoms with Gasteiger partial charge in [0.1, 0.15) is 5.82 Å². The van der Waals surface area contributed by atoms with E-state index in [0.29, 0.717) is 17.8 Å². The summed E-state index contributed by atoms with van der Waals surface area (Å²) in [5.74, 6) is 1.44. The fourth-order valence-electron chi connectivity index (χ4n) is 5.01. The van der Waals surface area contributed by atoms with E-state index in [9.17, 15) is 4.39 Å². The lowest BCUT2D eigenvalue weighted by molar-refractivity contribution is 0.197. The molecule has 146 valence electrons. The molecule has 1 fully saturated rings. The van der Waals surface area contributed by atoms with Crippen molar-refractivity contribution < 1.29 is 4.39 Å². The monoisotopic (exact) mass is 385 g/mol. The molecule has 0 N–H and O–H groups in total. The third-order valence-corrected chi connectivity index (χ3v) is 6.43. The van der Waals surface area contributed by atoms with Crippen LogP contribution >= 0.6 is 0 Å². The van der Waals surface area contributed by atoms with Gasteiger partial charge >= 0.3 is 0 Å². The molecule has 0 amide bonds. The Balaban J connectivity index is 1.41. The highest BCUT2D eigenvalue weighted by Crippen LogP contribution is 2.46. The van der Waals surface area contributed by atoms with Crippen molar-refractivity contribution in [3.05, 3.63) is 84.0 Å². The summed E-state index contributed by atoms with van der Waals surface area (Å²) in [5, 5.41) is 0. The first-order chi connectivity index (χ1) is 14.3. The molecule has 0 bridgehead atoms. The third-order valence-electron chi connectivity index (χ3n) is 6.43. The van der Waals surface area contributed by atoms with E-state index in [1.165, 1.54) is 43.5 Å². The first-order valence-electron chi connectivity index (χ1n) is 10.5. The summed E-state index contributed by atoms with van der Waals surface area (Å²) in [6.45, 7) is 0. The van der Waals surface area contributed by atoms with Crippen LogP contribution in [0.15, 0.2) is 61.1 Å². The van der Waals surface area contributed by atoms with Gasteiger partial charge in [-0.05, 0) is 60.9 Å². The van der Waals surface area contributed by atoms with Crippen LogP contribution in [0.3, 0.4) is 0 Å². The van der Waals surface area contributed by atoms with E-state index >= 15 is 0 Å². The lowest BCUT2D eigenvalue weighted by Gasteiger charge is -2.40. The second-order valence-corrected chi connectivity index (χ2v) is 8.17. The van der Waals surface area contributed by atoms with Gasteiger partial charge in [-0.25, -0.2) is 4.39 Å². The van der Waals surface area contributed by atoms with Crippen molar-refractivity contribution in [1.29, 1.82) is 0 Å². The Hall–Kier alpha value is -2.88. The number of pyridine rings is 1. The molecule has 2 aliphatic carbocycles. The molecule has 3 nitrogen and oxygen atoms in total. The van der Waals surface area contributed by atoms with Crippen LogP contribution in [0.5, 0.6) is 0 Å². The van der Waals surface area contributed by atoms with Gasteiger partial charge in [0.2, 0.25) is 0 Å². The highest BCUT2D eigenvalue weighted by atomic mass is 19.1. The topological polar surface area (TPSA) is 38.7 Å². The van der Waals surface area contributed by atoms with E-state index in [0.717, 1.165) is 28.9 Å². The molecule has 2 aromatic heterocycles. The van der Waals surface area contributed by atoms with Crippen LogP contribution in [-0.2, 0) is 6.42 Å². The average molecular weight is 385 g/mol. The zero-order valence-electron chi connectivity index (χ0n) is 16.3. The van der Waals surface area contributed by atoms with Gasteiger partial charge in [0, 0.05) is 30.1 Å². The van der Waals surface area contributed by atoms with Crippen LogP contribution in [-0.4, -0.2) is 15.0 Å². The number of benzene rings is 1. The van der Waals surface area contributed by atoms with Crippen molar-refractivity contribution in [1.82, 2.24) is 15.0 Å². The Morgan fingerprint density at radius 2 is 1.83 bits per heavy atom. The minimum Gasteiger partial charge on any atom is -0.258 e. The molecular weight excluding hydrogens is 361 g/mol. The second kappa shape index (κ2) is 7.86. The summed E-state index contributed by atoms with van der Waals surface area (Å²) in [5.41, 5.74) is 4.98. The fourth-order valence-corrected chi connectivity index (χ4v) is 5.01. The third kappa shape index (κ3) is 3.71. The molecule has 0 saturated heterocycles. The van der Waals surface area contributed by atoms with Crippen molar-refractivity contribution in [3.8, 4) is 11.1 Å². The van der Waals surface area contributed by atoms with E-state index in [2.05, 4.69) is 22.1 Å². The van der Waals surface area contributed by atoms with Crippen LogP contribution in [0.4, 0.5) is 4.39 Å². The molecule has 5 rings (SSSR count). The van der Waals surface area contributed by atoms with Crippen molar-refractivity contribution in [2.45, 2.75) is 38.0 Å². The number of halogens is 1. The van der Waals surface area contributed by atoms with Gasteiger partial charge in [-0.15, -0.1) is 0 Å². The zero-order chi connectivity index (χ0) is 19.6. The van der Waals surface area contributed by atoms with Crippen LogP contribution in [0.1, 0.15) is 48.7 Å². The lowest BCUT2D eigenvalue weighted by atomic mass is 9.65. The maximum Gasteiger partial charge on any atom is 0.123 e. The van der Waals surface area contributed by atoms with Gasteiger partial charge in [-0.1, -0.05) is 37.1 Å². The van der Waals surface area contributed by atoms with Crippen molar-refractivity contribution in [2.75, 3.05) is 0 Å². The molecule has 2 heterocycles. The Labute approximate surface area is 170 Å². The summed E-state index contributed by atoms with van der Waals surface area (Å²) >= 11 is 0. The van der Waals surface area contributed by atoms with Gasteiger partial charge < -0.3 is 0 Å². The first kappa shape index (κ1) is 18.2. The molecule has 3 atom stereocenters. The second-order valence-electron chi connectivity index (χ2n) is 8.17. The number of rotatable bonds is 3. The average Bonchev–Trinajstić information content (AvgIpc) is 2.77. The Kier molecular flexibility index (Phi) is 4.92. The van der Waals surface area contributed by atoms with Crippen LogP contribution in [0.25, 0.3) is 17.2 Å². The van der Waals surface area contributed by atoms with Gasteiger partial charge in [-0.3, -0.25) is 15.0 Å². The molecule has 0 aliphatic heterocycles. The highest BCUT2D eigenvalue weighted by Gasteiger charge is 2.38. The minimum absolute atomic E-state index is 0.231. The quantitative estimate of drug-likeness (QED) is 0.569. The Bertz CT molecular complexity index is 1030. The summed E-state index contributed by atoms with van der Waals surface area (Å²) < 4.78 is 13.5. The SMILES string of the molecule is Fc1cccc(-c2ccc(/C=C/C3c4nccnc4CC4CCCCC43)nc2)c1. The Morgan fingerprint density at radius 3 is 2.69 bits per heavy atom.